The molecule has 0 aromatic heterocycles. The van der Waals surface area contributed by atoms with Crippen LogP contribution >= 0.6 is 24.0 Å². The molecule has 8 nitrogen and oxygen atoms in total. The van der Waals surface area contributed by atoms with Gasteiger partial charge in [0.2, 0.25) is 5.91 Å². The second-order valence-electron chi connectivity index (χ2n) is 7.67. The van der Waals surface area contributed by atoms with Gasteiger partial charge in [-0.3, -0.25) is 9.79 Å². The van der Waals surface area contributed by atoms with E-state index >= 15 is 0 Å². The summed E-state index contributed by atoms with van der Waals surface area (Å²) < 4.78 is 5.27. The Morgan fingerprint density at radius 3 is 2.12 bits per heavy atom. The summed E-state index contributed by atoms with van der Waals surface area (Å²) in [6, 6.07) is 0. The highest BCUT2D eigenvalue weighted by Gasteiger charge is 2.24. The maximum absolute atomic E-state index is 11.9. The van der Waals surface area contributed by atoms with Crippen molar-refractivity contribution in [3.63, 3.8) is 0 Å². The average molecular weight is 485 g/mol. The van der Waals surface area contributed by atoms with Crippen LogP contribution in [0.4, 0.5) is 4.79 Å². The second kappa shape index (κ2) is 12.2. The monoisotopic (exact) mass is 485 g/mol. The number of ether oxygens (including phenoxy) is 1. The number of hydrogen-bond donors (Lipinski definition) is 3. The zero-order valence-corrected chi connectivity index (χ0v) is 19.7. The largest absolute Gasteiger partial charge is 0.444 e. The maximum Gasteiger partial charge on any atom is 0.408 e. The van der Waals surface area contributed by atoms with Gasteiger partial charge in [0.05, 0.1) is 12.1 Å². The Kier molecular flexibility index (Phi) is 12.6. The number of amides is 2. The Balaban J connectivity index is 0. The first-order valence-corrected chi connectivity index (χ1v) is 8.60. The van der Waals surface area contributed by atoms with Gasteiger partial charge in [-0.2, -0.15) is 0 Å². The molecule has 0 saturated carbocycles. The van der Waals surface area contributed by atoms with Crippen molar-refractivity contribution >= 4 is 41.9 Å². The van der Waals surface area contributed by atoms with E-state index in [1.165, 1.54) is 0 Å². The summed E-state index contributed by atoms with van der Waals surface area (Å²) in [6.07, 6.45) is -0.0843. The molecule has 0 rings (SSSR count). The molecule has 26 heavy (non-hydrogen) atoms. The number of nitrogens with one attached hydrogen (secondary N) is 3. The van der Waals surface area contributed by atoms with Crippen LogP contribution in [0.15, 0.2) is 4.99 Å². The highest BCUT2D eigenvalue weighted by Crippen LogP contribution is 2.09. The quantitative estimate of drug-likeness (QED) is 0.291. The number of hydrogen-bond acceptors (Lipinski definition) is 4. The third kappa shape index (κ3) is 14.0. The molecule has 2 amide bonds. The SMILES string of the molecule is CCNC(=NCC(C)(C)NC(=O)OC(C)(C)C)NCCC(=O)N(C)C.I. The van der Waals surface area contributed by atoms with Gasteiger partial charge in [-0.25, -0.2) is 4.79 Å². The summed E-state index contributed by atoms with van der Waals surface area (Å²) in [5, 5.41) is 9.05. The molecule has 0 aliphatic rings. The number of carbonyl (C=O) groups excluding carboxylic acids is 2. The maximum atomic E-state index is 11.9. The smallest absolute Gasteiger partial charge is 0.408 e. The van der Waals surface area contributed by atoms with Gasteiger partial charge in [-0.15, -0.1) is 24.0 Å². The van der Waals surface area contributed by atoms with Gasteiger partial charge in [-0.1, -0.05) is 0 Å². The van der Waals surface area contributed by atoms with Crippen molar-refractivity contribution in [2.75, 3.05) is 33.7 Å². The van der Waals surface area contributed by atoms with Crippen LogP contribution in [0.25, 0.3) is 0 Å². The zero-order chi connectivity index (χ0) is 19.7. The minimum absolute atomic E-state index is 0. The predicted molar refractivity (Wildman–Crippen MR) is 116 cm³/mol. The van der Waals surface area contributed by atoms with E-state index in [0.717, 1.165) is 0 Å². The topological polar surface area (TPSA) is 95.1 Å². The molecule has 154 valence electrons. The van der Waals surface area contributed by atoms with E-state index in [4.69, 9.17) is 4.74 Å². The molecule has 0 saturated heterocycles. The van der Waals surface area contributed by atoms with Gasteiger partial charge in [0.25, 0.3) is 0 Å². The third-order valence-corrected chi connectivity index (χ3v) is 2.95. The number of guanidine groups is 1. The third-order valence-electron chi connectivity index (χ3n) is 2.95. The van der Waals surface area contributed by atoms with Crippen LogP contribution in [0.2, 0.25) is 0 Å². The lowest BCUT2D eigenvalue weighted by Gasteiger charge is -2.27. The molecular weight excluding hydrogens is 449 g/mol. The van der Waals surface area contributed by atoms with E-state index in [9.17, 15) is 9.59 Å². The summed E-state index contributed by atoms with van der Waals surface area (Å²) >= 11 is 0. The average Bonchev–Trinajstić information content (AvgIpc) is 2.41. The van der Waals surface area contributed by atoms with E-state index in [-0.39, 0.29) is 29.9 Å². The summed E-state index contributed by atoms with van der Waals surface area (Å²) in [5.41, 5.74) is -1.11. The van der Waals surface area contributed by atoms with Crippen molar-refractivity contribution in [3.05, 3.63) is 0 Å². The summed E-state index contributed by atoms with van der Waals surface area (Å²) in [4.78, 5) is 29.5. The van der Waals surface area contributed by atoms with Gasteiger partial charge in [0.15, 0.2) is 5.96 Å². The molecule has 0 aromatic rings. The van der Waals surface area contributed by atoms with Crippen LogP contribution in [0.1, 0.15) is 48.0 Å². The first kappa shape index (κ1) is 27.0. The molecule has 9 heteroatoms. The van der Waals surface area contributed by atoms with Crippen molar-refractivity contribution < 1.29 is 14.3 Å². The molecule has 0 spiro atoms. The number of alkyl carbamates (subject to hydrolysis) is 1. The van der Waals surface area contributed by atoms with Gasteiger partial charge in [0, 0.05) is 33.6 Å². The number of halogens is 1. The molecule has 0 atom stereocenters. The van der Waals surface area contributed by atoms with E-state index in [0.29, 0.717) is 32.0 Å². The van der Waals surface area contributed by atoms with Crippen LogP contribution in [0.5, 0.6) is 0 Å². The molecule has 0 radical (unpaired) electrons. The minimum atomic E-state index is -0.565. The fourth-order valence-electron chi connectivity index (χ4n) is 1.75. The predicted octanol–water partition coefficient (Wildman–Crippen LogP) is 1.94. The number of aliphatic imine (C=N–C) groups is 1. The van der Waals surface area contributed by atoms with Gasteiger partial charge >= 0.3 is 6.09 Å². The second-order valence-corrected chi connectivity index (χ2v) is 7.67. The van der Waals surface area contributed by atoms with Gasteiger partial charge in [-0.05, 0) is 41.5 Å². The molecular formula is C17H36IN5O3. The highest BCUT2D eigenvalue weighted by atomic mass is 127. The van der Waals surface area contributed by atoms with Gasteiger partial charge in [0.1, 0.15) is 5.60 Å². The molecule has 0 bridgehead atoms. The van der Waals surface area contributed by atoms with Crippen molar-refractivity contribution in [1.29, 1.82) is 0 Å². The fourth-order valence-corrected chi connectivity index (χ4v) is 1.75. The van der Waals surface area contributed by atoms with Crippen LogP contribution in [0.3, 0.4) is 0 Å². The summed E-state index contributed by atoms with van der Waals surface area (Å²) in [5.74, 6) is 0.656. The van der Waals surface area contributed by atoms with Gasteiger partial charge < -0.3 is 25.6 Å². The number of nitrogens with zero attached hydrogens (tertiary/aromatic N) is 2. The number of rotatable bonds is 7. The van der Waals surface area contributed by atoms with E-state index < -0.39 is 17.2 Å². The minimum Gasteiger partial charge on any atom is -0.444 e. The molecule has 0 aliphatic carbocycles. The first-order valence-electron chi connectivity index (χ1n) is 8.60. The van der Waals surface area contributed by atoms with E-state index in [1.807, 2.05) is 41.5 Å². The molecule has 0 aliphatic heterocycles. The summed E-state index contributed by atoms with van der Waals surface area (Å²) in [7, 11) is 3.46. The first-order chi connectivity index (χ1) is 11.4. The van der Waals surface area contributed by atoms with Crippen molar-refractivity contribution in [1.82, 2.24) is 20.9 Å². The Bertz CT molecular complexity index is 474. The van der Waals surface area contributed by atoms with E-state index in [1.54, 1.807) is 19.0 Å². The standard InChI is InChI=1S/C17H35N5O3.HI/c1-9-18-14(19-11-10-13(23)22(7)8)20-12-17(5,6)21-15(24)25-16(2,3)4;/h9-12H2,1-8H3,(H,21,24)(H2,18,19,20);1H. The molecule has 0 unspecified atom stereocenters. The highest BCUT2D eigenvalue weighted by molar-refractivity contribution is 14.0. The van der Waals surface area contributed by atoms with Crippen LogP contribution in [-0.4, -0.2) is 67.7 Å². The number of carbonyl (C=O) groups is 2. The lowest BCUT2D eigenvalue weighted by atomic mass is 10.1. The van der Waals surface area contributed by atoms with Crippen LogP contribution in [0, 0.1) is 0 Å². The normalized spacial score (nSPS) is 11.9. The molecule has 0 fully saturated rings. The van der Waals surface area contributed by atoms with Crippen LogP contribution < -0.4 is 16.0 Å². The Labute approximate surface area is 174 Å². The van der Waals surface area contributed by atoms with Crippen molar-refractivity contribution in [2.24, 2.45) is 4.99 Å². The summed E-state index contributed by atoms with van der Waals surface area (Å²) in [6.45, 7) is 12.7. The zero-order valence-electron chi connectivity index (χ0n) is 17.4. The van der Waals surface area contributed by atoms with Crippen LogP contribution in [-0.2, 0) is 9.53 Å². The fraction of sp³-hybridized carbons (Fsp3) is 0.824. The van der Waals surface area contributed by atoms with Crippen molar-refractivity contribution in [3.8, 4) is 0 Å². The van der Waals surface area contributed by atoms with E-state index in [2.05, 4.69) is 20.9 Å². The Hall–Kier alpha value is -1.26. The Morgan fingerprint density at radius 2 is 1.65 bits per heavy atom. The lowest BCUT2D eigenvalue weighted by Crippen LogP contribution is -2.49. The molecule has 3 N–H and O–H groups in total. The molecule has 0 aromatic carbocycles. The Morgan fingerprint density at radius 1 is 1.08 bits per heavy atom. The molecule has 0 heterocycles. The van der Waals surface area contributed by atoms with Crippen molar-refractivity contribution in [2.45, 2.75) is 59.1 Å². The lowest BCUT2D eigenvalue weighted by molar-refractivity contribution is -0.128.